The van der Waals surface area contributed by atoms with Crippen molar-refractivity contribution in [3.8, 4) is 0 Å². The normalized spacial score (nSPS) is 11.5. The Morgan fingerprint density at radius 2 is 1.88 bits per heavy atom. The van der Waals surface area contributed by atoms with Gasteiger partial charge in [-0.15, -0.1) is 0 Å². The molecule has 4 nitrogen and oxygen atoms in total. The maximum absolute atomic E-state index is 10.7. The van der Waals surface area contributed by atoms with E-state index in [-0.39, 0.29) is 0 Å². The second-order valence-corrected chi connectivity index (χ2v) is 6.06. The predicted octanol–water partition coefficient (Wildman–Crippen LogP) is 4.11. The summed E-state index contributed by atoms with van der Waals surface area (Å²) in [6, 6.07) is 12.2. The summed E-state index contributed by atoms with van der Waals surface area (Å²) in [5, 5.41) is 14.6. The molecule has 3 rings (SSSR count). The van der Waals surface area contributed by atoms with Crippen LogP contribution in [0.2, 0.25) is 0 Å². The number of carbonyl (C=O) groups is 1. The first-order valence-electron chi connectivity index (χ1n) is 7.89. The van der Waals surface area contributed by atoms with Gasteiger partial charge in [0.15, 0.2) is 0 Å². The molecule has 0 aliphatic rings. The lowest BCUT2D eigenvalue weighted by Gasteiger charge is -2.11. The van der Waals surface area contributed by atoms with Crippen LogP contribution in [0.4, 0.5) is 0 Å². The fourth-order valence-corrected chi connectivity index (χ4v) is 3.00. The van der Waals surface area contributed by atoms with Gasteiger partial charge in [-0.05, 0) is 55.2 Å². The Labute approximate surface area is 141 Å². The minimum Gasteiger partial charge on any atom is -0.478 e. The molecule has 0 bridgehead atoms. The number of nitrogens with zero attached hydrogens (tertiary/aromatic N) is 2. The van der Waals surface area contributed by atoms with Crippen molar-refractivity contribution in [2.24, 2.45) is 0 Å². The smallest absolute Gasteiger partial charge is 0.328 e. The lowest BCUT2D eigenvalue weighted by atomic mass is 10.0. The van der Waals surface area contributed by atoms with E-state index in [1.54, 1.807) is 6.08 Å². The van der Waals surface area contributed by atoms with E-state index < -0.39 is 5.97 Å². The molecule has 3 aromatic rings. The van der Waals surface area contributed by atoms with Crippen molar-refractivity contribution < 1.29 is 9.90 Å². The van der Waals surface area contributed by atoms with Gasteiger partial charge in [-0.1, -0.05) is 30.3 Å². The van der Waals surface area contributed by atoms with Crippen LogP contribution < -0.4 is 0 Å². The van der Waals surface area contributed by atoms with Gasteiger partial charge in [-0.2, -0.15) is 5.10 Å². The summed E-state index contributed by atoms with van der Waals surface area (Å²) in [7, 11) is 0. The number of hydrogen-bond donors (Lipinski definition) is 1. The van der Waals surface area contributed by atoms with Crippen molar-refractivity contribution >= 4 is 22.9 Å². The van der Waals surface area contributed by atoms with Crippen LogP contribution in [0.25, 0.3) is 17.0 Å². The Bertz CT molecular complexity index is 931. The topological polar surface area (TPSA) is 55.1 Å². The number of aliphatic carboxylic acids is 1. The summed E-state index contributed by atoms with van der Waals surface area (Å²) in [6.07, 6.45) is 2.76. The molecule has 4 heteroatoms. The van der Waals surface area contributed by atoms with E-state index in [1.807, 2.05) is 29.8 Å². The van der Waals surface area contributed by atoms with Crippen molar-refractivity contribution in [1.82, 2.24) is 9.78 Å². The first-order chi connectivity index (χ1) is 11.5. The zero-order valence-electron chi connectivity index (χ0n) is 14.1. The van der Waals surface area contributed by atoms with Gasteiger partial charge in [0.1, 0.15) is 0 Å². The quantitative estimate of drug-likeness (QED) is 0.736. The maximum atomic E-state index is 10.7. The average molecular weight is 320 g/mol. The third-order valence-corrected chi connectivity index (χ3v) is 4.33. The number of rotatable bonds is 4. The van der Waals surface area contributed by atoms with E-state index in [2.05, 4.69) is 37.1 Å². The van der Waals surface area contributed by atoms with Crippen molar-refractivity contribution in [2.75, 3.05) is 0 Å². The number of carboxylic acid groups (broad SMARTS) is 1. The summed E-state index contributed by atoms with van der Waals surface area (Å²) in [4.78, 5) is 10.7. The monoisotopic (exact) mass is 320 g/mol. The van der Waals surface area contributed by atoms with Crippen LogP contribution in [0.1, 0.15) is 27.9 Å². The molecule has 0 amide bonds. The highest BCUT2D eigenvalue weighted by Gasteiger charge is 2.10. The largest absolute Gasteiger partial charge is 0.478 e. The second-order valence-electron chi connectivity index (χ2n) is 6.06. The number of aromatic nitrogens is 2. The summed E-state index contributed by atoms with van der Waals surface area (Å²) in [6.45, 7) is 6.93. The molecule has 24 heavy (non-hydrogen) atoms. The fourth-order valence-electron chi connectivity index (χ4n) is 3.00. The highest BCUT2D eigenvalue weighted by Crippen LogP contribution is 2.23. The molecule has 0 spiro atoms. The average Bonchev–Trinajstić information content (AvgIpc) is 2.85. The Morgan fingerprint density at radius 3 is 2.54 bits per heavy atom. The Morgan fingerprint density at radius 1 is 1.17 bits per heavy atom. The third kappa shape index (κ3) is 3.08. The van der Waals surface area contributed by atoms with Gasteiger partial charge in [0.25, 0.3) is 0 Å². The van der Waals surface area contributed by atoms with E-state index in [0.717, 1.165) is 28.2 Å². The third-order valence-electron chi connectivity index (χ3n) is 4.33. The molecule has 0 aliphatic carbocycles. The number of benzene rings is 2. The molecular formula is C20H20N2O2. The van der Waals surface area contributed by atoms with Crippen LogP contribution in [0.5, 0.6) is 0 Å². The molecule has 1 N–H and O–H groups in total. The molecule has 0 saturated carbocycles. The molecule has 0 radical (unpaired) electrons. The van der Waals surface area contributed by atoms with E-state index >= 15 is 0 Å². The zero-order valence-corrected chi connectivity index (χ0v) is 14.1. The summed E-state index contributed by atoms with van der Waals surface area (Å²) in [5.74, 6) is -0.949. The highest BCUT2D eigenvalue weighted by atomic mass is 16.4. The predicted molar refractivity (Wildman–Crippen MR) is 96.2 cm³/mol. The molecule has 0 aliphatic heterocycles. The molecule has 0 atom stereocenters. The van der Waals surface area contributed by atoms with Gasteiger partial charge in [-0.25, -0.2) is 4.79 Å². The lowest BCUT2D eigenvalue weighted by Crippen LogP contribution is -2.05. The number of hydrogen-bond acceptors (Lipinski definition) is 2. The molecule has 0 saturated heterocycles. The first-order valence-corrected chi connectivity index (χ1v) is 7.89. The van der Waals surface area contributed by atoms with E-state index in [4.69, 9.17) is 5.11 Å². The highest BCUT2D eigenvalue weighted by molar-refractivity contribution is 5.88. The van der Waals surface area contributed by atoms with Crippen LogP contribution in [-0.4, -0.2) is 20.9 Å². The SMILES string of the molecule is Cc1cccc(C)c1Cn1nc(C)c2ccc(/C=C/C(=O)O)cc21. The standard InChI is InChI=1S/C20H20N2O2/c1-13-5-4-6-14(2)18(13)12-22-19-11-16(8-10-20(23)24)7-9-17(19)15(3)21-22/h4-11H,12H2,1-3H3,(H,23,24)/b10-8+. The summed E-state index contributed by atoms with van der Waals surface area (Å²) < 4.78 is 2.00. The molecule has 0 unspecified atom stereocenters. The first kappa shape index (κ1) is 16.0. The second kappa shape index (κ2) is 6.32. The molecule has 0 fully saturated rings. The summed E-state index contributed by atoms with van der Waals surface area (Å²) >= 11 is 0. The van der Waals surface area contributed by atoms with Gasteiger partial charge in [0, 0.05) is 11.5 Å². The van der Waals surface area contributed by atoms with Crippen molar-refractivity contribution in [3.05, 3.63) is 70.4 Å². The molecule has 1 heterocycles. The number of aryl methyl sites for hydroxylation is 3. The lowest BCUT2D eigenvalue weighted by molar-refractivity contribution is -0.131. The van der Waals surface area contributed by atoms with E-state index in [9.17, 15) is 4.79 Å². The van der Waals surface area contributed by atoms with Gasteiger partial charge in [-0.3, -0.25) is 4.68 Å². The van der Waals surface area contributed by atoms with Crippen molar-refractivity contribution in [3.63, 3.8) is 0 Å². The zero-order chi connectivity index (χ0) is 17.3. The minimum atomic E-state index is -0.949. The molecule has 1 aromatic heterocycles. The molecular weight excluding hydrogens is 300 g/mol. The van der Waals surface area contributed by atoms with Crippen LogP contribution >= 0.6 is 0 Å². The Kier molecular flexibility index (Phi) is 4.21. The molecule has 2 aromatic carbocycles. The number of fused-ring (bicyclic) bond motifs is 1. The molecule has 122 valence electrons. The fraction of sp³-hybridized carbons (Fsp3) is 0.200. The Balaban J connectivity index is 2.07. The number of carboxylic acids is 1. The van der Waals surface area contributed by atoms with Crippen LogP contribution in [0.15, 0.2) is 42.5 Å². The van der Waals surface area contributed by atoms with Crippen molar-refractivity contribution in [1.29, 1.82) is 0 Å². The maximum Gasteiger partial charge on any atom is 0.328 e. The summed E-state index contributed by atoms with van der Waals surface area (Å²) in [5.41, 5.74) is 6.62. The van der Waals surface area contributed by atoms with Gasteiger partial charge in [0.05, 0.1) is 17.8 Å². The minimum absolute atomic E-state index is 0.703. The van der Waals surface area contributed by atoms with E-state index in [0.29, 0.717) is 6.54 Å². The van der Waals surface area contributed by atoms with Gasteiger partial charge in [0.2, 0.25) is 0 Å². The van der Waals surface area contributed by atoms with Crippen LogP contribution in [0.3, 0.4) is 0 Å². The van der Waals surface area contributed by atoms with E-state index in [1.165, 1.54) is 16.7 Å². The van der Waals surface area contributed by atoms with Gasteiger partial charge >= 0.3 is 5.97 Å². The Hall–Kier alpha value is -2.88. The van der Waals surface area contributed by atoms with Gasteiger partial charge < -0.3 is 5.11 Å². The van der Waals surface area contributed by atoms with Crippen LogP contribution in [0, 0.1) is 20.8 Å². The van der Waals surface area contributed by atoms with Crippen molar-refractivity contribution in [2.45, 2.75) is 27.3 Å². The van der Waals surface area contributed by atoms with Crippen LogP contribution in [-0.2, 0) is 11.3 Å².